The summed E-state index contributed by atoms with van der Waals surface area (Å²) in [5, 5.41) is 5.68. The third-order valence-corrected chi connectivity index (χ3v) is 8.03. The van der Waals surface area contributed by atoms with Crippen LogP contribution in [0.4, 0.5) is 9.59 Å². The van der Waals surface area contributed by atoms with Crippen molar-refractivity contribution < 1.29 is 19.1 Å². The summed E-state index contributed by atoms with van der Waals surface area (Å²) in [5.74, 6) is 3.32. The van der Waals surface area contributed by atoms with Gasteiger partial charge in [0.15, 0.2) is 0 Å². The number of benzene rings is 1. The fourth-order valence-electron chi connectivity index (χ4n) is 6.29. The Morgan fingerprint density at radius 2 is 1.59 bits per heavy atom. The summed E-state index contributed by atoms with van der Waals surface area (Å²) >= 11 is 0. The maximum atomic E-state index is 12.1. The number of alkyl carbamates (subject to hydrolysis) is 2. The molecule has 2 N–H and O–H groups in total. The van der Waals surface area contributed by atoms with Crippen LogP contribution in [0.25, 0.3) is 0 Å². The second-order valence-electron chi connectivity index (χ2n) is 10.2. The van der Waals surface area contributed by atoms with Crippen LogP contribution in [0, 0.1) is 29.6 Å². The van der Waals surface area contributed by atoms with Gasteiger partial charge in [-0.1, -0.05) is 42.3 Å². The van der Waals surface area contributed by atoms with Crippen LogP contribution in [0.5, 0.6) is 0 Å². The number of fused-ring (bicyclic) bond motifs is 4. The minimum Gasteiger partial charge on any atom is -0.449 e. The van der Waals surface area contributed by atoms with Gasteiger partial charge in [0.25, 0.3) is 0 Å². The highest BCUT2D eigenvalue weighted by atomic mass is 16.6. The fourth-order valence-corrected chi connectivity index (χ4v) is 6.29. The highest BCUT2D eigenvalue weighted by Crippen LogP contribution is 2.48. The van der Waals surface area contributed by atoms with Crippen molar-refractivity contribution in [2.75, 3.05) is 13.2 Å². The van der Waals surface area contributed by atoms with Crippen molar-refractivity contribution in [2.45, 2.75) is 58.0 Å². The molecule has 0 aliphatic heterocycles. The number of hydrogen-bond donors (Lipinski definition) is 2. The first-order valence-corrected chi connectivity index (χ1v) is 12.2. The molecule has 6 nitrogen and oxygen atoms in total. The number of amides is 2. The van der Waals surface area contributed by atoms with E-state index in [9.17, 15) is 9.59 Å². The topological polar surface area (TPSA) is 76.7 Å². The molecular formula is C26H34N2O4. The predicted molar refractivity (Wildman–Crippen MR) is 121 cm³/mol. The van der Waals surface area contributed by atoms with Crippen molar-refractivity contribution in [1.29, 1.82) is 0 Å². The van der Waals surface area contributed by atoms with E-state index >= 15 is 0 Å². The largest absolute Gasteiger partial charge is 0.449 e. The number of rotatable bonds is 8. The summed E-state index contributed by atoms with van der Waals surface area (Å²) in [6.07, 6.45) is 10.2. The number of carbonyl (C=O) groups excluding carboxylic acids is 2. The minimum absolute atomic E-state index is 0.351. The van der Waals surface area contributed by atoms with Crippen molar-refractivity contribution in [3.05, 3.63) is 47.0 Å². The van der Waals surface area contributed by atoms with E-state index in [1.54, 1.807) is 0 Å². The molecule has 32 heavy (non-hydrogen) atoms. The van der Waals surface area contributed by atoms with Crippen molar-refractivity contribution in [1.82, 2.24) is 10.6 Å². The van der Waals surface area contributed by atoms with E-state index in [0.717, 1.165) is 35.8 Å². The first-order valence-electron chi connectivity index (χ1n) is 12.2. The SMILES string of the molecule is O=C(NCc1cccc(CNC(=O)OCC2CC3CCC2C3)c1)OCC1CC2=CCC1C2. The fraction of sp³-hybridized carbons (Fsp3) is 0.615. The highest BCUT2D eigenvalue weighted by molar-refractivity contribution is 5.67. The molecule has 5 unspecified atom stereocenters. The average molecular weight is 439 g/mol. The third-order valence-electron chi connectivity index (χ3n) is 8.03. The van der Waals surface area contributed by atoms with Crippen LogP contribution >= 0.6 is 0 Å². The van der Waals surface area contributed by atoms with Gasteiger partial charge in [0.1, 0.15) is 0 Å². The zero-order valence-electron chi connectivity index (χ0n) is 18.7. The molecule has 0 aromatic heterocycles. The Bertz CT molecular complexity index is 882. The normalized spacial score (nSPS) is 29.6. The van der Waals surface area contributed by atoms with E-state index in [4.69, 9.17) is 9.47 Å². The molecule has 2 amide bonds. The molecule has 0 spiro atoms. The Balaban J connectivity index is 0.993. The van der Waals surface area contributed by atoms with E-state index in [1.165, 1.54) is 37.7 Å². The maximum Gasteiger partial charge on any atom is 0.407 e. The molecule has 0 radical (unpaired) electrons. The molecule has 1 aromatic rings. The summed E-state index contributed by atoms with van der Waals surface area (Å²) in [5.41, 5.74) is 3.48. The molecular weight excluding hydrogens is 404 g/mol. The molecule has 4 aliphatic carbocycles. The molecule has 6 heteroatoms. The molecule has 4 aliphatic rings. The summed E-state index contributed by atoms with van der Waals surface area (Å²) in [7, 11) is 0. The monoisotopic (exact) mass is 438 g/mol. The van der Waals surface area contributed by atoms with Crippen LogP contribution < -0.4 is 10.6 Å². The first-order chi connectivity index (χ1) is 15.6. The van der Waals surface area contributed by atoms with Crippen LogP contribution in [0.3, 0.4) is 0 Å². The number of carbonyl (C=O) groups is 2. The molecule has 0 saturated heterocycles. The maximum absolute atomic E-state index is 12.1. The van der Waals surface area contributed by atoms with Crippen molar-refractivity contribution in [3.8, 4) is 0 Å². The lowest BCUT2D eigenvalue weighted by molar-refractivity contribution is 0.110. The van der Waals surface area contributed by atoms with Crippen molar-refractivity contribution >= 4 is 12.2 Å². The zero-order valence-corrected chi connectivity index (χ0v) is 18.7. The summed E-state index contributed by atoms with van der Waals surface area (Å²) < 4.78 is 10.9. The van der Waals surface area contributed by atoms with Crippen molar-refractivity contribution in [3.63, 3.8) is 0 Å². The summed E-state index contributed by atoms with van der Waals surface area (Å²) in [6.45, 7) is 1.85. The van der Waals surface area contributed by atoms with E-state index < -0.39 is 0 Å². The molecule has 3 saturated carbocycles. The Kier molecular flexibility index (Phi) is 6.37. The number of hydrogen-bond acceptors (Lipinski definition) is 4. The quantitative estimate of drug-likeness (QED) is 0.564. The second-order valence-corrected chi connectivity index (χ2v) is 10.2. The lowest BCUT2D eigenvalue weighted by atomic mass is 9.90. The Morgan fingerprint density at radius 3 is 2.16 bits per heavy atom. The van der Waals surface area contributed by atoms with Gasteiger partial charge in [0.2, 0.25) is 0 Å². The molecule has 172 valence electrons. The summed E-state index contributed by atoms with van der Waals surface area (Å²) in [4.78, 5) is 24.2. The van der Waals surface area contributed by atoms with Gasteiger partial charge in [0.05, 0.1) is 13.2 Å². The average Bonchev–Trinajstić information content (AvgIpc) is 3.61. The minimum atomic E-state index is -0.366. The standard InChI is InChI=1S/C26H34N2O4/c29-25(31-15-23-11-17-4-6-21(23)9-17)27-13-19-2-1-3-20(8-19)14-28-26(30)32-16-24-12-18-5-7-22(24)10-18/h1-4,8,18,21-24H,5-7,9-16H2,(H,27,29)(H,28,30). The molecule has 1 aromatic carbocycles. The van der Waals surface area contributed by atoms with Gasteiger partial charge >= 0.3 is 12.2 Å². The van der Waals surface area contributed by atoms with Crippen LogP contribution in [-0.2, 0) is 22.6 Å². The van der Waals surface area contributed by atoms with Crippen LogP contribution in [0.2, 0.25) is 0 Å². The second kappa shape index (κ2) is 9.55. The Morgan fingerprint density at radius 1 is 0.875 bits per heavy atom. The van der Waals surface area contributed by atoms with Gasteiger partial charge < -0.3 is 20.1 Å². The Hall–Kier alpha value is -2.50. The van der Waals surface area contributed by atoms with Crippen molar-refractivity contribution in [2.24, 2.45) is 29.6 Å². The molecule has 3 fully saturated rings. The molecule has 4 bridgehead atoms. The van der Waals surface area contributed by atoms with Gasteiger partial charge in [-0.3, -0.25) is 0 Å². The van der Waals surface area contributed by atoms with E-state index in [0.29, 0.717) is 44.1 Å². The zero-order chi connectivity index (χ0) is 21.9. The van der Waals surface area contributed by atoms with Gasteiger partial charge in [0, 0.05) is 19.0 Å². The van der Waals surface area contributed by atoms with Gasteiger partial charge in [-0.15, -0.1) is 0 Å². The summed E-state index contributed by atoms with van der Waals surface area (Å²) in [6, 6.07) is 7.84. The van der Waals surface area contributed by atoms with Gasteiger partial charge in [-0.25, -0.2) is 9.59 Å². The van der Waals surface area contributed by atoms with Crippen LogP contribution in [-0.4, -0.2) is 25.4 Å². The number of nitrogens with one attached hydrogen (secondary N) is 2. The predicted octanol–water partition coefficient (Wildman–Crippen LogP) is 4.93. The van der Waals surface area contributed by atoms with E-state index in [1.807, 2.05) is 24.3 Å². The third kappa shape index (κ3) is 5.11. The Labute approximate surface area is 190 Å². The number of allylic oxidation sites excluding steroid dienone is 2. The van der Waals surface area contributed by atoms with Crippen LogP contribution in [0.1, 0.15) is 56.1 Å². The van der Waals surface area contributed by atoms with Gasteiger partial charge in [-0.05, 0) is 73.3 Å². The lowest BCUT2D eigenvalue weighted by Crippen LogP contribution is -2.28. The molecule has 0 heterocycles. The number of ether oxygens (including phenoxy) is 2. The first kappa shape index (κ1) is 21.4. The highest BCUT2D eigenvalue weighted by Gasteiger charge is 2.40. The smallest absolute Gasteiger partial charge is 0.407 e. The van der Waals surface area contributed by atoms with E-state index in [2.05, 4.69) is 16.7 Å². The lowest BCUT2D eigenvalue weighted by Gasteiger charge is -2.21. The van der Waals surface area contributed by atoms with Gasteiger partial charge in [-0.2, -0.15) is 0 Å². The van der Waals surface area contributed by atoms with E-state index in [-0.39, 0.29) is 12.2 Å². The molecule has 5 rings (SSSR count). The molecule has 5 atom stereocenters. The van der Waals surface area contributed by atoms with Crippen LogP contribution in [0.15, 0.2) is 35.9 Å².